The molecule has 1 saturated heterocycles. The van der Waals surface area contributed by atoms with Gasteiger partial charge in [0.15, 0.2) is 11.5 Å². The Kier molecular flexibility index (Phi) is 3.00. The number of likely N-dealkylation sites (tertiary alicyclic amines) is 1. The van der Waals surface area contributed by atoms with Crippen molar-refractivity contribution in [1.29, 1.82) is 0 Å². The molecule has 16 heavy (non-hydrogen) atoms. The molecule has 0 spiro atoms. The Labute approximate surface area is 93.8 Å². The number of nitrogens with two attached hydrogens (primary N) is 1. The Morgan fingerprint density at radius 3 is 2.88 bits per heavy atom. The van der Waals surface area contributed by atoms with Gasteiger partial charge >= 0.3 is 0 Å². The first-order chi connectivity index (χ1) is 7.72. The van der Waals surface area contributed by atoms with E-state index in [1.165, 1.54) is 0 Å². The maximum atomic E-state index is 12.0. The second-order valence-electron chi connectivity index (χ2n) is 3.94. The van der Waals surface area contributed by atoms with E-state index in [0.717, 1.165) is 19.4 Å². The van der Waals surface area contributed by atoms with Crippen LogP contribution in [0.2, 0.25) is 0 Å². The number of hydrogen-bond donors (Lipinski definition) is 2. The van der Waals surface area contributed by atoms with Crippen LogP contribution in [0.5, 0.6) is 0 Å². The molecule has 1 atom stereocenters. The minimum atomic E-state index is -0.0546. The van der Waals surface area contributed by atoms with Gasteiger partial charge in [-0.2, -0.15) is 0 Å². The van der Waals surface area contributed by atoms with Crippen LogP contribution in [-0.2, 0) is 0 Å². The molecule has 1 aliphatic rings. The van der Waals surface area contributed by atoms with E-state index in [0.29, 0.717) is 17.6 Å². The van der Waals surface area contributed by atoms with E-state index < -0.39 is 0 Å². The first-order valence-electron chi connectivity index (χ1n) is 5.33. The van der Waals surface area contributed by atoms with Crippen LogP contribution < -0.4 is 11.3 Å². The van der Waals surface area contributed by atoms with E-state index in [9.17, 15) is 4.79 Å². The summed E-state index contributed by atoms with van der Waals surface area (Å²) in [6.45, 7) is 2.85. The molecule has 1 amide bonds. The highest BCUT2D eigenvalue weighted by atomic mass is 16.2. The van der Waals surface area contributed by atoms with E-state index in [-0.39, 0.29) is 5.91 Å². The quantitative estimate of drug-likeness (QED) is 0.557. The van der Waals surface area contributed by atoms with Crippen molar-refractivity contribution in [2.24, 2.45) is 5.84 Å². The molecule has 0 radical (unpaired) electrons. The zero-order valence-electron chi connectivity index (χ0n) is 9.18. The van der Waals surface area contributed by atoms with Gasteiger partial charge in [-0.3, -0.25) is 4.79 Å². The molecular weight excluding hydrogens is 206 g/mol. The Balaban J connectivity index is 2.14. The van der Waals surface area contributed by atoms with Crippen LogP contribution in [0.4, 0.5) is 5.82 Å². The SMILES string of the molecule is CC1CCCN1C(=O)c1ccc(NN)nn1. The lowest BCUT2D eigenvalue weighted by molar-refractivity contribution is 0.0740. The Morgan fingerprint density at radius 2 is 2.38 bits per heavy atom. The zero-order valence-corrected chi connectivity index (χ0v) is 9.18. The van der Waals surface area contributed by atoms with Crippen molar-refractivity contribution in [2.45, 2.75) is 25.8 Å². The molecule has 6 heteroatoms. The molecule has 1 aromatic heterocycles. The monoisotopic (exact) mass is 221 g/mol. The summed E-state index contributed by atoms with van der Waals surface area (Å²) in [5, 5.41) is 7.63. The molecule has 6 nitrogen and oxygen atoms in total. The highest BCUT2D eigenvalue weighted by molar-refractivity contribution is 5.92. The molecule has 1 aliphatic heterocycles. The fraction of sp³-hybridized carbons (Fsp3) is 0.500. The van der Waals surface area contributed by atoms with Crippen LogP contribution >= 0.6 is 0 Å². The molecule has 3 N–H and O–H groups in total. The number of carbonyl (C=O) groups is 1. The minimum absolute atomic E-state index is 0.0546. The number of rotatable bonds is 2. The van der Waals surface area contributed by atoms with Crippen molar-refractivity contribution in [3.63, 3.8) is 0 Å². The van der Waals surface area contributed by atoms with Gasteiger partial charge in [0.2, 0.25) is 0 Å². The summed E-state index contributed by atoms with van der Waals surface area (Å²) in [5.74, 6) is 5.57. The second kappa shape index (κ2) is 4.44. The van der Waals surface area contributed by atoms with Gasteiger partial charge in [-0.05, 0) is 31.9 Å². The summed E-state index contributed by atoms with van der Waals surface area (Å²) in [5.41, 5.74) is 2.74. The average Bonchev–Trinajstić information content (AvgIpc) is 2.75. The van der Waals surface area contributed by atoms with E-state index in [1.54, 1.807) is 12.1 Å². The van der Waals surface area contributed by atoms with Gasteiger partial charge in [0.1, 0.15) is 0 Å². The van der Waals surface area contributed by atoms with Crippen molar-refractivity contribution in [1.82, 2.24) is 15.1 Å². The molecule has 1 aromatic rings. The third-order valence-electron chi connectivity index (χ3n) is 2.85. The Hall–Kier alpha value is -1.69. The van der Waals surface area contributed by atoms with Gasteiger partial charge in [-0.1, -0.05) is 0 Å². The van der Waals surface area contributed by atoms with Crippen molar-refractivity contribution < 1.29 is 4.79 Å². The number of nitrogens with zero attached hydrogens (tertiary/aromatic N) is 3. The highest BCUT2D eigenvalue weighted by Gasteiger charge is 2.26. The fourth-order valence-electron chi connectivity index (χ4n) is 1.91. The van der Waals surface area contributed by atoms with Crippen molar-refractivity contribution in [3.05, 3.63) is 17.8 Å². The summed E-state index contributed by atoms with van der Waals surface area (Å²) in [6, 6.07) is 3.57. The smallest absolute Gasteiger partial charge is 0.274 e. The number of hydrogen-bond acceptors (Lipinski definition) is 5. The van der Waals surface area contributed by atoms with Crippen molar-refractivity contribution >= 4 is 11.7 Å². The molecule has 2 rings (SSSR count). The number of nitrogens with one attached hydrogen (secondary N) is 1. The summed E-state index contributed by atoms with van der Waals surface area (Å²) >= 11 is 0. The van der Waals surface area contributed by atoms with E-state index >= 15 is 0 Å². The zero-order chi connectivity index (χ0) is 11.5. The van der Waals surface area contributed by atoms with Gasteiger partial charge in [-0.25, -0.2) is 5.84 Å². The third kappa shape index (κ3) is 1.96. The van der Waals surface area contributed by atoms with Crippen LogP contribution in [0.1, 0.15) is 30.3 Å². The number of nitrogen functional groups attached to an aromatic ring is 1. The first kappa shape index (κ1) is 10.8. The molecule has 1 fully saturated rings. The van der Waals surface area contributed by atoms with E-state index in [1.807, 2.05) is 11.8 Å². The number of anilines is 1. The van der Waals surface area contributed by atoms with Crippen LogP contribution in [0.25, 0.3) is 0 Å². The fourth-order valence-corrected chi connectivity index (χ4v) is 1.91. The van der Waals surface area contributed by atoms with Gasteiger partial charge in [0.05, 0.1) is 0 Å². The minimum Gasteiger partial charge on any atom is -0.335 e. The molecule has 0 aromatic carbocycles. The number of hydrazine groups is 1. The predicted molar refractivity (Wildman–Crippen MR) is 59.6 cm³/mol. The highest BCUT2D eigenvalue weighted by Crippen LogP contribution is 2.18. The summed E-state index contributed by atoms with van der Waals surface area (Å²) in [7, 11) is 0. The van der Waals surface area contributed by atoms with Gasteiger partial charge < -0.3 is 10.3 Å². The van der Waals surface area contributed by atoms with Gasteiger partial charge in [0, 0.05) is 12.6 Å². The average molecular weight is 221 g/mol. The van der Waals surface area contributed by atoms with Crippen LogP contribution in [0.3, 0.4) is 0 Å². The molecule has 0 aliphatic carbocycles. The molecular formula is C10H15N5O. The van der Waals surface area contributed by atoms with Crippen LogP contribution in [0.15, 0.2) is 12.1 Å². The van der Waals surface area contributed by atoms with Gasteiger partial charge in [0.25, 0.3) is 5.91 Å². The molecule has 1 unspecified atom stereocenters. The first-order valence-corrected chi connectivity index (χ1v) is 5.33. The Bertz CT molecular complexity index is 377. The summed E-state index contributed by atoms with van der Waals surface area (Å²) in [6.07, 6.45) is 2.12. The summed E-state index contributed by atoms with van der Waals surface area (Å²) in [4.78, 5) is 13.9. The summed E-state index contributed by atoms with van der Waals surface area (Å²) < 4.78 is 0. The van der Waals surface area contributed by atoms with Crippen molar-refractivity contribution in [2.75, 3.05) is 12.0 Å². The van der Waals surface area contributed by atoms with Crippen molar-refractivity contribution in [3.8, 4) is 0 Å². The molecule has 86 valence electrons. The lowest BCUT2D eigenvalue weighted by Crippen LogP contribution is -2.34. The number of amides is 1. The standard InChI is InChI=1S/C10H15N5O/c1-7-3-2-6-15(7)10(16)8-4-5-9(12-11)14-13-8/h4-5,7H,2-3,6,11H2,1H3,(H,12,14). The maximum absolute atomic E-state index is 12.0. The van der Waals surface area contributed by atoms with E-state index in [2.05, 4.69) is 15.6 Å². The van der Waals surface area contributed by atoms with Gasteiger partial charge in [-0.15, -0.1) is 10.2 Å². The lowest BCUT2D eigenvalue weighted by Gasteiger charge is -2.20. The maximum Gasteiger partial charge on any atom is 0.274 e. The molecule has 2 heterocycles. The molecule has 0 bridgehead atoms. The number of carbonyl (C=O) groups excluding carboxylic acids is 1. The number of aromatic nitrogens is 2. The van der Waals surface area contributed by atoms with Crippen LogP contribution in [-0.4, -0.2) is 33.6 Å². The largest absolute Gasteiger partial charge is 0.335 e. The van der Waals surface area contributed by atoms with Crippen LogP contribution in [0, 0.1) is 0 Å². The Morgan fingerprint density at radius 1 is 1.56 bits per heavy atom. The third-order valence-corrected chi connectivity index (χ3v) is 2.85. The topological polar surface area (TPSA) is 84.1 Å². The second-order valence-corrected chi connectivity index (χ2v) is 3.94. The normalized spacial score (nSPS) is 19.9. The molecule has 0 saturated carbocycles. The lowest BCUT2D eigenvalue weighted by atomic mass is 10.2. The predicted octanol–water partition coefficient (Wildman–Crippen LogP) is 0.387. The van der Waals surface area contributed by atoms with E-state index in [4.69, 9.17) is 5.84 Å².